The first-order valence-electron chi connectivity index (χ1n) is 11.4. The number of pyridine rings is 2. The highest BCUT2D eigenvalue weighted by molar-refractivity contribution is 5.93. The van der Waals surface area contributed by atoms with Gasteiger partial charge < -0.3 is 9.84 Å². The number of rotatable bonds is 8. The van der Waals surface area contributed by atoms with Gasteiger partial charge in [0.05, 0.1) is 24.0 Å². The number of aryl methyl sites for hydroxylation is 1. The quantitative estimate of drug-likeness (QED) is 0.222. The van der Waals surface area contributed by atoms with E-state index in [0.29, 0.717) is 24.4 Å². The Morgan fingerprint density at radius 2 is 2.00 bits per heavy atom. The molecule has 0 fully saturated rings. The number of aromatic nitrogens is 2. The van der Waals surface area contributed by atoms with E-state index in [2.05, 4.69) is 23.9 Å². The van der Waals surface area contributed by atoms with Crippen molar-refractivity contribution in [1.82, 2.24) is 14.9 Å². The summed E-state index contributed by atoms with van der Waals surface area (Å²) in [6.07, 6.45) is 2.33. The summed E-state index contributed by atoms with van der Waals surface area (Å²) in [5, 5.41) is 16.1. The number of carbonyl (C=O) groups excluding carboxylic acids is 1. The SMILES string of the molecule is CCN(C=O)/C(CO)=N\N(C)c1cc2c(C(C)C)cc(-c3c(C)cnc(OC)c3C)nc2cc1F. The van der Waals surface area contributed by atoms with Gasteiger partial charge in [-0.1, -0.05) is 13.8 Å². The molecule has 8 nitrogen and oxygen atoms in total. The normalized spacial score (nSPS) is 11.8. The predicted molar refractivity (Wildman–Crippen MR) is 136 cm³/mol. The van der Waals surface area contributed by atoms with Crippen molar-refractivity contribution in [1.29, 1.82) is 0 Å². The molecular formula is C26H32FN5O3. The van der Waals surface area contributed by atoms with Gasteiger partial charge in [-0.15, -0.1) is 0 Å². The molecule has 0 atom stereocenters. The van der Waals surface area contributed by atoms with Gasteiger partial charge in [0.25, 0.3) is 0 Å². The fourth-order valence-electron chi connectivity index (χ4n) is 4.16. The minimum Gasteiger partial charge on any atom is -0.481 e. The number of amides is 1. The molecule has 0 spiro atoms. The maximum Gasteiger partial charge on any atom is 0.216 e. The zero-order valence-corrected chi connectivity index (χ0v) is 21.3. The average Bonchev–Trinajstić information content (AvgIpc) is 2.83. The molecule has 0 unspecified atom stereocenters. The van der Waals surface area contributed by atoms with Crippen LogP contribution in [0.25, 0.3) is 22.2 Å². The van der Waals surface area contributed by atoms with Crippen LogP contribution in [0.4, 0.5) is 10.1 Å². The number of benzene rings is 1. The van der Waals surface area contributed by atoms with Crippen LogP contribution < -0.4 is 9.75 Å². The Morgan fingerprint density at radius 3 is 2.57 bits per heavy atom. The number of hydrogen-bond donors (Lipinski definition) is 1. The minimum absolute atomic E-state index is 0.125. The predicted octanol–water partition coefficient (Wildman–Crippen LogP) is 4.41. The molecule has 1 N–H and O–H groups in total. The zero-order valence-electron chi connectivity index (χ0n) is 21.3. The Kier molecular flexibility index (Phi) is 8.01. The first-order chi connectivity index (χ1) is 16.7. The van der Waals surface area contributed by atoms with Crippen LogP contribution in [0.3, 0.4) is 0 Å². The Morgan fingerprint density at radius 1 is 1.29 bits per heavy atom. The number of ether oxygens (including phenoxy) is 1. The molecule has 2 aromatic heterocycles. The molecule has 35 heavy (non-hydrogen) atoms. The molecule has 0 aliphatic carbocycles. The number of nitrogens with zero attached hydrogens (tertiary/aromatic N) is 5. The standard InChI is InChI=1S/C26H32FN5O3/c1-8-32(14-34)24(13-33)30-31(6)23-10-19-18(15(2)3)9-22(29-21(19)11-20(23)27)25-16(4)12-28-26(35-7)17(25)5/h9-12,14-15,33H,8,13H2,1-7H3/b30-24-. The van der Waals surface area contributed by atoms with Crippen molar-refractivity contribution in [2.75, 3.05) is 32.3 Å². The van der Waals surface area contributed by atoms with Crippen LogP contribution >= 0.6 is 0 Å². The lowest BCUT2D eigenvalue weighted by Gasteiger charge is -2.22. The number of aliphatic hydroxyl groups is 1. The highest BCUT2D eigenvalue weighted by atomic mass is 19.1. The second-order valence-electron chi connectivity index (χ2n) is 8.61. The highest BCUT2D eigenvalue weighted by Crippen LogP contribution is 2.36. The number of fused-ring (bicyclic) bond motifs is 1. The number of methoxy groups -OCH3 is 1. The maximum absolute atomic E-state index is 15.3. The molecule has 0 bridgehead atoms. The molecule has 3 aromatic rings. The van der Waals surface area contributed by atoms with E-state index in [1.54, 1.807) is 33.3 Å². The van der Waals surface area contributed by atoms with Crippen molar-refractivity contribution in [3.8, 4) is 17.1 Å². The minimum atomic E-state index is -0.518. The van der Waals surface area contributed by atoms with Crippen molar-refractivity contribution in [2.24, 2.45) is 5.10 Å². The van der Waals surface area contributed by atoms with Crippen molar-refractivity contribution in [3.05, 3.63) is 46.9 Å². The third kappa shape index (κ3) is 5.09. The van der Waals surface area contributed by atoms with E-state index in [1.807, 2.05) is 19.9 Å². The summed E-state index contributed by atoms with van der Waals surface area (Å²) >= 11 is 0. The molecule has 9 heteroatoms. The zero-order chi connectivity index (χ0) is 25.9. The van der Waals surface area contributed by atoms with Crippen LogP contribution in [0.5, 0.6) is 5.88 Å². The van der Waals surface area contributed by atoms with Gasteiger partial charge in [-0.25, -0.2) is 14.4 Å². The summed E-state index contributed by atoms with van der Waals surface area (Å²) in [7, 11) is 3.15. The number of hydrazone groups is 1. The average molecular weight is 482 g/mol. The smallest absolute Gasteiger partial charge is 0.216 e. The summed E-state index contributed by atoms with van der Waals surface area (Å²) in [5.74, 6) is 0.264. The third-order valence-electron chi connectivity index (χ3n) is 6.00. The highest BCUT2D eigenvalue weighted by Gasteiger charge is 2.19. The third-order valence-corrected chi connectivity index (χ3v) is 6.00. The monoisotopic (exact) mass is 481 g/mol. The van der Waals surface area contributed by atoms with E-state index >= 15 is 4.39 Å². The summed E-state index contributed by atoms with van der Waals surface area (Å²) in [6.45, 7) is 9.68. The molecule has 0 saturated carbocycles. The van der Waals surface area contributed by atoms with E-state index in [0.717, 1.165) is 33.3 Å². The van der Waals surface area contributed by atoms with Crippen LogP contribution in [-0.4, -0.2) is 59.5 Å². The van der Waals surface area contributed by atoms with Crippen LogP contribution in [0, 0.1) is 19.7 Å². The second-order valence-corrected chi connectivity index (χ2v) is 8.61. The maximum atomic E-state index is 15.3. The van der Waals surface area contributed by atoms with E-state index in [9.17, 15) is 9.90 Å². The first kappa shape index (κ1) is 26.0. The summed E-state index contributed by atoms with van der Waals surface area (Å²) in [4.78, 5) is 21.7. The summed E-state index contributed by atoms with van der Waals surface area (Å²) in [6, 6.07) is 5.13. The lowest BCUT2D eigenvalue weighted by atomic mass is 9.94. The number of halogens is 1. The molecule has 0 radical (unpaired) electrons. The Bertz CT molecular complexity index is 1280. The van der Waals surface area contributed by atoms with Gasteiger partial charge in [-0.3, -0.25) is 14.7 Å². The second kappa shape index (κ2) is 10.8. The number of likely N-dealkylation sites (N-methyl/N-ethyl adjacent to an activating group) is 1. The van der Waals surface area contributed by atoms with E-state index in [-0.39, 0.29) is 17.4 Å². The first-order valence-corrected chi connectivity index (χ1v) is 11.4. The summed E-state index contributed by atoms with van der Waals surface area (Å²) < 4.78 is 20.7. The van der Waals surface area contributed by atoms with Crippen LogP contribution in [0.15, 0.2) is 29.5 Å². The lowest BCUT2D eigenvalue weighted by molar-refractivity contribution is -0.114. The van der Waals surface area contributed by atoms with Crippen molar-refractivity contribution >= 4 is 28.8 Å². The Labute approximate surface area is 205 Å². The number of carbonyl (C=O) groups is 1. The molecule has 0 aliphatic rings. The fourth-order valence-corrected chi connectivity index (χ4v) is 4.16. The summed E-state index contributed by atoms with van der Waals surface area (Å²) in [5.41, 5.74) is 5.18. The van der Waals surface area contributed by atoms with Crippen molar-refractivity contribution in [3.63, 3.8) is 0 Å². The van der Waals surface area contributed by atoms with Gasteiger partial charge in [-0.05, 0) is 49.9 Å². The van der Waals surface area contributed by atoms with Crippen LogP contribution in [0.2, 0.25) is 0 Å². The largest absolute Gasteiger partial charge is 0.481 e. The number of hydrogen-bond acceptors (Lipinski definition) is 7. The number of amidine groups is 1. The van der Waals surface area contributed by atoms with E-state index < -0.39 is 12.4 Å². The molecule has 1 aromatic carbocycles. The Balaban J connectivity index is 2.22. The molecule has 3 rings (SSSR count). The van der Waals surface area contributed by atoms with Gasteiger partial charge >= 0.3 is 0 Å². The van der Waals surface area contributed by atoms with Gasteiger partial charge in [-0.2, -0.15) is 5.10 Å². The Hall–Kier alpha value is -3.59. The van der Waals surface area contributed by atoms with Crippen LogP contribution in [-0.2, 0) is 4.79 Å². The molecule has 0 saturated heterocycles. The molecule has 2 heterocycles. The molecule has 0 aliphatic heterocycles. The molecule has 186 valence electrons. The van der Waals surface area contributed by atoms with E-state index in [1.165, 1.54) is 16.0 Å². The topological polar surface area (TPSA) is 91.2 Å². The van der Waals surface area contributed by atoms with Gasteiger partial charge in [0.1, 0.15) is 6.61 Å². The van der Waals surface area contributed by atoms with E-state index in [4.69, 9.17) is 9.72 Å². The number of aliphatic hydroxyl groups excluding tert-OH is 1. The van der Waals surface area contributed by atoms with Crippen molar-refractivity contribution < 1.29 is 19.0 Å². The fraction of sp³-hybridized carbons (Fsp3) is 0.385. The molecular weight excluding hydrogens is 449 g/mol. The van der Waals surface area contributed by atoms with Gasteiger partial charge in [0.15, 0.2) is 11.7 Å². The van der Waals surface area contributed by atoms with Gasteiger partial charge in [0.2, 0.25) is 12.3 Å². The lowest BCUT2D eigenvalue weighted by Crippen LogP contribution is -2.34. The van der Waals surface area contributed by atoms with Gasteiger partial charge in [0, 0.05) is 42.4 Å². The number of anilines is 1. The molecule has 1 amide bonds. The van der Waals surface area contributed by atoms with Crippen molar-refractivity contribution in [2.45, 2.75) is 40.5 Å². The van der Waals surface area contributed by atoms with Crippen LogP contribution in [0.1, 0.15) is 43.4 Å².